The highest BCUT2D eigenvalue weighted by molar-refractivity contribution is 4.69. The maximum atomic E-state index is 8.59. The fraction of sp³-hybridized carbons (Fsp3) is 1.00. The molecule has 0 aliphatic heterocycles. The van der Waals surface area contributed by atoms with Crippen LogP contribution in [0.1, 0.15) is 53.4 Å². The predicted molar refractivity (Wildman–Crippen MR) is 54.2 cm³/mol. The minimum absolute atomic E-state index is 0.351. The fourth-order valence-corrected chi connectivity index (χ4v) is 1.17. The van der Waals surface area contributed by atoms with Crippen LogP contribution in [0.15, 0.2) is 0 Å². The van der Waals surface area contributed by atoms with Gasteiger partial charge in [0.1, 0.15) is 0 Å². The number of rotatable bonds is 5. The smallest absolute Gasteiger partial charge is 0.0431 e. The van der Waals surface area contributed by atoms with E-state index in [4.69, 9.17) is 5.11 Å². The summed E-state index contributed by atoms with van der Waals surface area (Å²) in [4.78, 5) is 0. The number of unbranched alkanes of at least 4 members (excludes halogenated alkanes) is 2. The average Bonchev–Trinajstić information content (AvgIpc) is 1.96. The molecule has 0 heterocycles. The quantitative estimate of drug-likeness (QED) is 0.631. The Kier molecular flexibility index (Phi) is 5.56. The van der Waals surface area contributed by atoms with Gasteiger partial charge in [-0.2, -0.15) is 0 Å². The first-order chi connectivity index (χ1) is 5.48. The van der Waals surface area contributed by atoms with Gasteiger partial charge in [-0.05, 0) is 17.8 Å². The van der Waals surface area contributed by atoms with E-state index in [1.54, 1.807) is 0 Å². The summed E-state index contributed by atoms with van der Waals surface area (Å²) in [5.74, 6) is 0.788. The summed E-state index contributed by atoms with van der Waals surface area (Å²) in [6.07, 6.45) is 4.70. The standard InChI is InChI=1S/C11H24O/c1-10(11(2,3)4)8-6-5-7-9-12/h10,12H,5-9H2,1-4H3. The summed E-state index contributed by atoms with van der Waals surface area (Å²) in [6, 6.07) is 0. The summed E-state index contributed by atoms with van der Waals surface area (Å²) >= 11 is 0. The van der Waals surface area contributed by atoms with Crippen LogP contribution in [0.2, 0.25) is 0 Å². The molecule has 0 saturated heterocycles. The molecule has 1 atom stereocenters. The zero-order valence-electron chi connectivity index (χ0n) is 9.06. The van der Waals surface area contributed by atoms with Crippen molar-refractivity contribution in [1.29, 1.82) is 0 Å². The Morgan fingerprint density at radius 2 is 1.67 bits per heavy atom. The predicted octanol–water partition coefficient (Wildman–Crippen LogP) is 3.22. The minimum atomic E-state index is 0.351. The van der Waals surface area contributed by atoms with Gasteiger partial charge in [0.2, 0.25) is 0 Å². The molecule has 1 nitrogen and oxygen atoms in total. The van der Waals surface area contributed by atoms with Crippen LogP contribution in [-0.4, -0.2) is 11.7 Å². The van der Waals surface area contributed by atoms with Crippen LogP contribution in [0, 0.1) is 11.3 Å². The van der Waals surface area contributed by atoms with E-state index in [9.17, 15) is 0 Å². The maximum absolute atomic E-state index is 8.59. The lowest BCUT2D eigenvalue weighted by atomic mass is 9.79. The molecule has 0 fully saturated rings. The van der Waals surface area contributed by atoms with E-state index < -0.39 is 0 Å². The van der Waals surface area contributed by atoms with E-state index in [0.29, 0.717) is 12.0 Å². The Bertz CT molecular complexity index is 102. The number of aliphatic hydroxyl groups is 1. The van der Waals surface area contributed by atoms with Gasteiger partial charge in [-0.15, -0.1) is 0 Å². The van der Waals surface area contributed by atoms with Gasteiger partial charge < -0.3 is 5.11 Å². The maximum Gasteiger partial charge on any atom is 0.0431 e. The van der Waals surface area contributed by atoms with Crippen molar-refractivity contribution in [2.45, 2.75) is 53.4 Å². The van der Waals surface area contributed by atoms with Gasteiger partial charge in [0.15, 0.2) is 0 Å². The van der Waals surface area contributed by atoms with Gasteiger partial charge in [0, 0.05) is 6.61 Å². The molecule has 0 rings (SSSR count). The van der Waals surface area contributed by atoms with Crippen LogP contribution in [0.5, 0.6) is 0 Å². The highest BCUT2D eigenvalue weighted by Crippen LogP contribution is 2.29. The molecule has 0 radical (unpaired) electrons. The van der Waals surface area contributed by atoms with Crippen molar-refractivity contribution in [2.75, 3.05) is 6.61 Å². The first kappa shape index (κ1) is 12.0. The van der Waals surface area contributed by atoms with Gasteiger partial charge in [0.25, 0.3) is 0 Å². The van der Waals surface area contributed by atoms with Crippen LogP contribution < -0.4 is 0 Å². The molecule has 0 aromatic heterocycles. The summed E-state index contributed by atoms with van der Waals surface area (Å²) in [5.41, 5.74) is 0.444. The van der Waals surface area contributed by atoms with Crippen molar-refractivity contribution in [3.8, 4) is 0 Å². The first-order valence-electron chi connectivity index (χ1n) is 5.09. The molecule has 0 spiro atoms. The van der Waals surface area contributed by atoms with Crippen molar-refractivity contribution >= 4 is 0 Å². The molecule has 0 aromatic carbocycles. The van der Waals surface area contributed by atoms with E-state index in [1.807, 2.05) is 0 Å². The Balaban J connectivity index is 3.38. The van der Waals surface area contributed by atoms with Crippen molar-refractivity contribution in [2.24, 2.45) is 11.3 Å². The lowest BCUT2D eigenvalue weighted by molar-refractivity contribution is 0.234. The summed E-state index contributed by atoms with van der Waals surface area (Å²) < 4.78 is 0. The second kappa shape index (κ2) is 5.58. The molecule has 0 amide bonds. The Morgan fingerprint density at radius 1 is 1.08 bits per heavy atom. The zero-order valence-corrected chi connectivity index (χ0v) is 9.06. The van der Waals surface area contributed by atoms with Crippen molar-refractivity contribution in [3.63, 3.8) is 0 Å². The SMILES string of the molecule is CC(CCCCCO)C(C)(C)C. The number of hydrogen-bond donors (Lipinski definition) is 1. The van der Waals surface area contributed by atoms with E-state index in [2.05, 4.69) is 27.7 Å². The molecule has 0 aliphatic carbocycles. The van der Waals surface area contributed by atoms with Crippen LogP contribution >= 0.6 is 0 Å². The Labute approximate surface area is 77.2 Å². The monoisotopic (exact) mass is 172 g/mol. The van der Waals surface area contributed by atoms with Crippen LogP contribution in [0.3, 0.4) is 0 Å². The summed E-state index contributed by atoms with van der Waals surface area (Å²) in [6.45, 7) is 9.56. The number of aliphatic hydroxyl groups excluding tert-OH is 1. The topological polar surface area (TPSA) is 20.2 Å². The third kappa shape index (κ3) is 5.59. The van der Waals surface area contributed by atoms with Gasteiger partial charge in [-0.3, -0.25) is 0 Å². The van der Waals surface area contributed by atoms with Crippen LogP contribution in [0.4, 0.5) is 0 Å². The second-order valence-corrected chi connectivity index (χ2v) is 4.84. The van der Waals surface area contributed by atoms with E-state index in [0.717, 1.165) is 12.3 Å². The zero-order chi connectivity index (χ0) is 9.61. The largest absolute Gasteiger partial charge is 0.396 e. The molecule has 0 aromatic rings. The fourth-order valence-electron chi connectivity index (χ4n) is 1.17. The molecule has 12 heavy (non-hydrogen) atoms. The molecule has 1 N–H and O–H groups in total. The molecule has 74 valence electrons. The van der Waals surface area contributed by atoms with Gasteiger partial charge >= 0.3 is 0 Å². The Hall–Kier alpha value is -0.0400. The van der Waals surface area contributed by atoms with Crippen molar-refractivity contribution in [3.05, 3.63) is 0 Å². The van der Waals surface area contributed by atoms with Gasteiger partial charge in [-0.25, -0.2) is 0 Å². The van der Waals surface area contributed by atoms with Crippen LogP contribution in [0.25, 0.3) is 0 Å². The van der Waals surface area contributed by atoms with Crippen molar-refractivity contribution in [1.82, 2.24) is 0 Å². The molecule has 0 bridgehead atoms. The average molecular weight is 172 g/mol. The molecule has 1 heteroatoms. The first-order valence-corrected chi connectivity index (χ1v) is 5.09. The van der Waals surface area contributed by atoms with Gasteiger partial charge in [-0.1, -0.05) is 47.0 Å². The lowest BCUT2D eigenvalue weighted by Gasteiger charge is -2.27. The second-order valence-electron chi connectivity index (χ2n) is 4.84. The Morgan fingerprint density at radius 3 is 2.08 bits per heavy atom. The van der Waals surface area contributed by atoms with Crippen molar-refractivity contribution < 1.29 is 5.11 Å². The van der Waals surface area contributed by atoms with E-state index in [-0.39, 0.29) is 0 Å². The molecular formula is C11H24O. The summed E-state index contributed by atoms with van der Waals surface area (Å²) in [5, 5.41) is 8.59. The lowest BCUT2D eigenvalue weighted by Crippen LogP contribution is -2.16. The summed E-state index contributed by atoms with van der Waals surface area (Å²) in [7, 11) is 0. The van der Waals surface area contributed by atoms with E-state index in [1.165, 1.54) is 19.3 Å². The molecule has 1 unspecified atom stereocenters. The normalized spacial score (nSPS) is 14.8. The highest BCUT2D eigenvalue weighted by Gasteiger charge is 2.18. The third-order valence-electron chi connectivity index (χ3n) is 2.77. The molecule has 0 saturated carbocycles. The molecule has 0 aliphatic rings. The minimum Gasteiger partial charge on any atom is -0.396 e. The highest BCUT2D eigenvalue weighted by atomic mass is 16.2. The third-order valence-corrected chi connectivity index (χ3v) is 2.77. The molecular weight excluding hydrogens is 148 g/mol. The van der Waals surface area contributed by atoms with Crippen LogP contribution in [-0.2, 0) is 0 Å². The van der Waals surface area contributed by atoms with E-state index >= 15 is 0 Å². The number of hydrogen-bond acceptors (Lipinski definition) is 1. The van der Waals surface area contributed by atoms with Gasteiger partial charge in [0.05, 0.1) is 0 Å².